The fourth-order valence-electron chi connectivity index (χ4n) is 3.74. The van der Waals surface area contributed by atoms with Crippen LogP contribution in [0.5, 0.6) is 0 Å². The molecule has 2 rings (SSSR count). The molecular weight excluding hydrogens is 631 g/mol. The molecule has 1 amide bonds. The summed E-state index contributed by atoms with van der Waals surface area (Å²) in [5.74, 6) is -8.44. The number of ketones is 1. The molecule has 0 bridgehead atoms. The Balaban J connectivity index is 2.50. The second kappa shape index (κ2) is 13.1. The molecule has 2 aromatic rings. The molecule has 0 aliphatic heterocycles. The number of carbonyl (C=O) groups excluding carboxylic acids is 2. The van der Waals surface area contributed by atoms with Crippen molar-refractivity contribution in [3.8, 4) is 0 Å². The van der Waals surface area contributed by atoms with Gasteiger partial charge in [-0.25, -0.2) is 4.39 Å². The van der Waals surface area contributed by atoms with Gasteiger partial charge in [-0.2, -0.15) is 39.5 Å². The van der Waals surface area contributed by atoms with Crippen LogP contribution in [0.3, 0.4) is 0 Å². The highest BCUT2D eigenvalue weighted by molar-refractivity contribution is 6.43. The van der Waals surface area contributed by atoms with Gasteiger partial charge in [0.2, 0.25) is 5.91 Å². The number of allylic oxidation sites excluding steroid dienone is 2. The van der Waals surface area contributed by atoms with E-state index in [1.54, 1.807) is 0 Å². The minimum atomic E-state index is -5.30. The predicted molar refractivity (Wildman–Crippen MR) is 138 cm³/mol. The zero-order chi connectivity index (χ0) is 32.4. The van der Waals surface area contributed by atoms with E-state index in [1.165, 1.54) is 12.2 Å². The molecule has 0 aromatic heterocycles. The topological polar surface area (TPSA) is 46.2 Å². The van der Waals surface area contributed by atoms with Gasteiger partial charge >= 0.3 is 18.5 Å². The molecule has 1 unspecified atom stereocenters. The highest BCUT2D eigenvalue weighted by atomic mass is 35.5. The van der Waals surface area contributed by atoms with Gasteiger partial charge < -0.3 is 5.32 Å². The lowest BCUT2D eigenvalue weighted by Gasteiger charge is -2.20. The number of carbonyl (C=O) groups is 2. The maximum atomic E-state index is 15.1. The fraction of sp³-hybridized carbons (Fsp3) is 0.333. The Morgan fingerprint density at radius 2 is 1.57 bits per heavy atom. The van der Waals surface area contributed by atoms with Gasteiger partial charge in [0.15, 0.2) is 5.78 Å². The fourth-order valence-corrected chi connectivity index (χ4v) is 4.23. The first-order valence-corrected chi connectivity index (χ1v) is 12.5. The number of nitrogens with one attached hydrogen (secondary N) is 1. The number of alkyl halides is 9. The highest BCUT2D eigenvalue weighted by Crippen LogP contribution is 2.43. The van der Waals surface area contributed by atoms with Crippen LogP contribution in [0, 0.1) is 5.92 Å². The van der Waals surface area contributed by atoms with Crippen LogP contribution < -0.4 is 5.32 Å². The van der Waals surface area contributed by atoms with Crippen molar-refractivity contribution in [3.05, 3.63) is 80.8 Å². The lowest BCUT2D eigenvalue weighted by Crippen LogP contribution is -2.37. The van der Waals surface area contributed by atoms with Crippen molar-refractivity contribution in [2.75, 3.05) is 6.54 Å². The number of benzene rings is 2. The van der Waals surface area contributed by atoms with Crippen LogP contribution in [0.2, 0.25) is 10.0 Å². The van der Waals surface area contributed by atoms with Crippen molar-refractivity contribution >= 4 is 46.3 Å². The first kappa shape index (κ1) is 35.1. The summed E-state index contributed by atoms with van der Waals surface area (Å²) in [6, 6.07) is 3.05. The van der Waals surface area contributed by atoms with Gasteiger partial charge in [-0.1, -0.05) is 48.8 Å². The van der Waals surface area contributed by atoms with E-state index in [-0.39, 0.29) is 33.3 Å². The average Bonchev–Trinajstić information content (AvgIpc) is 2.84. The molecule has 0 fully saturated rings. The number of amides is 1. The first-order chi connectivity index (χ1) is 19.0. The number of Topliss-reactive ketones (excluding diaryl/α,β-unsaturated/α-hetero) is 1. The third-order valence-electron chi connectivity index (χ3n) is 5.84. The Labute approximate surface area is 243 Å². The summed E-state index contributed by atoms with van der Waals surface area (Å²) in [6.07, 6.45) is -16.1. The Hall–Kier alpha value is -3.06. The minimum Gasteiger partial charge on any atom is -0.347 e. The maximum absolute atomic E-state index is 15.1. The van der Waals surface area contributed by atoms with E-state index in [9.17, 15) is 49.1 Å². The lowest BCUT2D eigenvalue weighted by molar-refractivity contribution is -0.140. The van der Waals surface area contributed by atoms with Crippen LogP contribution in [0.1, 0.15) is 58.8 Å². The smallest absolute Gasteiger partial charge is 0.347 e. The van der Waals surface area contributed by atoms with Gasteiger partial charge in [0.1, 0.15) is 18.3 Å². The van der Waals surface area contributed by atoms with Crippen molar-refractivity contribution < 1.29 is 53.5 Å². The van der Waals surface area contributed by atoms with Crippen molar-refractivity contribution in [2.45, 2.75) is 44.7 Å². The Bertz CT molecular complexity index is 1390. The molecule has 0 radical (unpaired) electrons. The first-order valence-electron chi connectivity index (χ1n) is 11.7. The Morgan fingerprint density at radius 3 is 2.07 bits per heavy atom. The van der Waals surface area contributed by atoms with Crippen molar-refractivity contribution in [1.29, 1.82) is 0 Å². The SMILES string of the molecule is C=C(C)c1cc(C(/C=C(\F)c2ccc(C(=O)C[C@H](C)C(=O)NCC(F)(F)F)c(C(F)(F)F)c2)C(F)(F)F)cc(Cl)c1Cl. The number of hydrogen-bond acceptors (Lipinski definition) is 2. The van der Waals surface area contributed by atoms with E-state index in [4.69, 9.17) is 23.2 Å². The summed E-state index contributed by atoms with van der Waals surface area (Å²) >= 11 is 11.9. The summed E-state index contributed by atoms with van der Waals surface area (Å²) in [5.41, 5.74) is -4.05. The van der Waals surface area contributed by atoms with E-state index in [0.717, 1.165) is 19.1 Å². The molecule has 1 N–H and O–H groups in total. The van der Waals surface area contributed by atoms with E-state index in [1.807, 2.05) is 0 Å². The van der Waals surface area contributed by atoms with Crippen molar-refractivity contribution in [1.82, 2.24) is 5.32 Å². The van der Waals surface area contributed by atoms with Gasteiger partial charge in [0.05, 0.1) is 15.6 Å². The molecular formula is C27H21Cl2F10NO2. The molecule has 0 aliphatic carbocycles. The van der Waals surface area contributed by atoms with Crippen molar-refractivity contribution in [2.24, 2.45) is 5.92 Å². The van der Waals surface area contributed by atoms with E-state index in [2.05, 4.69) is 6.58 Å². The second-order valence-corrected chi connectivity index (χ2v) is 10.1. The molecule has 230 valence electrons. The highest BCUT2D eigenvalue weighted by Gasteiger charge is 2.41. The van der Waals surface area contributed by atoms with Crippen LogP contribution in [-0.4, -0.2) is 30.6 Å². The monoisotopic (exact) mass is 651 g/mol. The zero-order valence-electron chi connectivity index (χ0n) is 21.6. The molecule has 0 saturated carbocycles. The Morgan fingerprint density at radius 1 is 0.976 bits per heavy atom. The molecule has 2 aromatic carbocycles. The summed E-state index contributed by atoms with van der Waals surface area (Å²) in [4.78, 5) is 24.4. The van der Waals surface area contributed by atoms with Crippen LogP contribution in [0.4, 0.5) is 43.9 Å². The van der Waals surface area contributed by atoms with Crippen LogP contribution in [0.15, 0.2) is 43.0 Å². The molecule has 0 saturated heterocycles. The number of rotatable bonds is 9. The predicted octanol–water partition coefficient (Wildman–Crippen LogP) is 9.59. The molecule has 15 heteroatoms. The van der Waals surface area contributed by atoms with E-state index >= 15 is 4.39 Å². The molecule has 2 atom stereocenters. The molecule has 3 nitrogen and oxygen atoms in total. The molecule has 42 heavy (non-hydrogen) atoms. The lowest BCUT2D eigenvalue weighted by atomic mass is 9.92. The van der Waals surface area contributed by atoms with Crippen molar-refractivity contribution in [3.63, 3.8) is 0 Å². The largest absolute Gasteiger partial charge is 0.417 e. The Kier molecular flexibility index (Phi) is 10.9. The van der Waals surface area contributed by atoms with E-state index < -0.39 is 83.1 Å². The van der Waals surface area contributed by atoms with Gasteiger partial charge in [-0.05, 0) is 47.9 Å². The summed E-state index contributed by atoms with van der Waals surface area (Å²) in [7, 11) is 0. The van der Waals surface area contributed by atoms with Gasteiger partial charge in [0.25, 0.3) is 0 Å². The normalized spacial score (nSPS) is 14.4. The zero-order valence-corrected chi connectivity index (χ0v) is 23.1. The number of halogens is 12. The summed E-state index contributed by atoms with van der Waals surface area (Å²) in [6.45, 7) is 4.29. The third-order valence-corrected chi connectivity index (χ3v) is 6.64. The standard InChI is InChI=1S/C27H21Cl2F10NO2/c1-12(2)17-7-15(9-20(28)23(17)29)18(26(34,35)36)10-21(30)14-4-5-16(19(8-14)27(37,38)39)22(41)6-13(3)24(42)40-11-25(31,32)33/h4-5,7-10,13,18H,1,6,11H2,2-3H3,(H,40,42)/b21-10-/t13-,18?/m0/s1. The molecule has 0 heterocycles. The van der Waals surface area contributed by atoms with Gasteiger partial charge in [0, 0.05) is 23.5 Å². The minimum absolute atomic E-state index is 0.0331. The summed E-state index contributed by atoms with van der Waals surface area (Å²) < 4.78 is 135. The quantitative estimate of drug-likeness (QED) is 0.217. The van der Waals surface area contributed by atoms with Gasteiger partial charge in [-0.15, -0.1) is 0 Å². The van der Waals surface area contributed by atoms with Crippen LogP contribution >= 0.6 is 23.2 Å². The van der Waals surface area contributed by atoms with Crippen LogP contribution in [-0.2, 0) is 11.0 Å². The third kappa shape index (κ3) is 9.22. The van der Waals surface area contributed by atoms with Gasteiger partial charge in [-0.3, -0.25) is 9.59 Å². The van der Waals surface area contributed by atoms with E-state index in [0.29, 0.717) is 12.1 Å². The maximum Gasteiger partial charge on any atom is 0.417 e. The average molecular weight is 652 g/mol. The molecule has 0 aliphatic rings. The number of hydrogen-bond donors (Lipinski definition) is 1. The molecule has 0 spiro atoms. The van der Waals surface area contributed by atoms with Crippen LogP contribution in [0.25, 0.3) is 11.4 Å². The second-order valence-electron chi connectivity index (χ2n) is 9.30. The summed E-state index contributed by atoms with van der Waals surface area (Å²) in [5, 5.41) is 1.08.